The van der Waals surface area contributed by atoms with Gasteiger partial charge in [-0.2, -0.15) is 0 Å². The quantitative estimate of drug-likeness (QED) is 0.840. The summed E-state index contributed by atoms with van der Waals surface area (Å²) in [6.07, 6.45) is 3.54. The number of aromatic nitrogens is 1. The minimum Gasteiger partial charge on any atom is -0.478 e. The zero-order valence-corrected chi connectivity index (χ0v) is 11.2. The topological polar surface area (TPSA) is 62.2 Å². The van der Waals surface area contributed by atoms with Gasteiger partial charge in [-0.05, 0) is 38.7 Å². The second-order valence-corrected chi connectivity index (χ2v) is 5.11. The normalized spacial score (nSPS) is 21.7. The molecule has 1 saturated carbocycles. The maximum atomic E-state index is 11.3. The van der Waals surface area contributed by atoms with Gasteiger partial charge in [0.1, 0.15) is 5.56 Å². The third-order valence-electron chi connectivity index (χ3n) is 3.47. The van der Waals surface area contributed by atoms with E-state index >= 15 is 0 Å². The number of carbonyl (C=O) groups is 1. The predicted molar refractivity (Wildman–Crippen MR) is 71.1 cm³/mol. The fourth-order valence-corrected chi connectivity index (χ4v) is 2.53. The van der Waals surface area contributed by atoms with Crippen molar-refractivity contribution in [2.45, 2.75) is 46.1 Å². The minimum absolute atomic E-state index is 0.308. The Morgan fingerprint density at radius 2 is 2.28 bits per heavy atom. The molecule has 0 amide bonds. The highest BCUT2D eigenvalue weighted by Gasteiger charge is 2.36. The van der Waals surface area contributed by atoms with Gasteiger partial charge >= 0.3 is 5.97 Å². The van der Waals surface area contributed by atoms with E-state index in [9.17, 15) is 9.90 Å². The first-order chi connectivity index (χ1) is 8.52. The van der Waals surface area contributed by atoms with E-state index in [-0.39, 0.29) is 0 Å². The Kier molecular flexibility index (Phi) is 3.55. The van der Waals surface area contributed by atoms with Crippen LogP contribution in [-0.4, -0.2) is 22.1 Å². The van der Waals surface area contributed by atoms with E-state index in [1.807, 2.05) is 13.0 Å². The Labute approximate surface area is 107 Å². The molecule has 4 heteroatoms. The van der Waals surface area contributed by atoms with Crippen molar-refractivity contribution in [2.24, 2.45) is 5.92 Å². The molecule has 1 heterocycles. The molecule has 2 unspecified atom stereocenters. The number of hydrogen-bond acceptors (Lipinski definition) is 3. The van der Waals surface area contributed by atoms with Gasteiger partial charge in [0.2, 0.25) is 0 Å². The Hall–Kier alpha value is -1.58. The van der Waals surface area contributed by atoms with Gasteiger partial charge in [0.25, 0.3) is 0 Å². The highest BCUT2D eigenvalue weighted by atomic mass is 16.4. The van der Waals surface area contributed by atoms with Gasteiger partial charge in [-0.3, -0.25) is 4.98 Å². The van der Waals surface area contributed by atoms with E-state index in [1.54, 1.807) is 6.92 Å². The smallest absolute Gasteiger partial charge is 0.339 e. The molecule has 2 rings (SSSR count). The van der Waals surface area contributed by atoms with Crippen LogP contribution in [0.4, 0.5) is 5.69 Å². The fraction of sp³-hybridized carbons (Fsp3) is 0.571. The van der Waals surface area contributed by atoms with Crippen LogP contribution in [-0.2, 0) is 0 Å². The molecule has 98 valence electrons. The molecule has 0 aliphatic heterocycles. The van der Waals surface area contributed by atoms with Crippen molar-refractivity contribution in [1.29, 1.82) is 0 Å². The molecule has 0 saturated heterocycles. The van der Waals surface area contributed by atoms with Crippen LogP contribution in [0.15, 0.2) is 6.07 Å². The summed E-state index contributed by atoms with van der Waals surface area (Å²) >= 11 is 0. The molecule has 1 aromatic rings. The maximum Gasteiger partial charge on any atom is 0.339 e. The predicted octanol–water partition coefficient (Wildman–Crippen LogP) is 3.00. The lowest BCUT2D eigenvalue weighted by Gasteiger charge is -2.12. The number of rotatable bonds is 5. The number of aryl methyl sites for hydroxylation is 2. The highest BCUT2D eigenvalue weighted by molar-refractivity contribution is 5.95. The average molecular weight is 248 g/mol. The number of carboxylic acid groups (broad SMARTS) is 1. The lowest BCUT2D eigenvalue weighted by Crippen LogP contribution is -2.12. The van der Waals surface area contributed by atoms with E-state index in [4.69, 9.17) is 0 Å². The second kappa shape index (κ2) is 4.96. The summed E-state index contributed by atoms with van der Waals surface area (Å²) in [5.74, 6) is -0.208. The van der Waals surface area contributed by atoms with E-state index in [0.29, 0.717) is 23.2 Å². The molecule has 1 aliphatic rings. The first-order valence-corrected chi connectivity index (χ1v) is 6.51. The van der Waals surface area contributed by atoms with Crippen LogP contribution in [0.1, 0.15) is 47.9 Å². The van der Waals surface area contributed by atoms with Crippen LogP contribution in [0.25, 0.3) is 0 Å². The van der Waals surface area contributed by atoms with Crippen LogP contribution in [0.2, 0.25) is 0 Å². The van der Waals surface area contributed by atoms with Crippen molar-refractivity contribution >= 4 is 11.7 Å². The van der Waals surface area contributed by atoms with Gasteiger partial charge in [-0.25, -0.2) is 4.79 Å². The SMILES string of the molecule is CCCC1CC1Nc1cc(C)nc(C)c1C(=O)O. The zero-order valence-electron chi connectivity index (χ0n) is 11.2. The molecule has 1 aliphatic carbocycles. The average Bonchev–Trinajstić information content (AvgIpc) is 2.94. The van der Waals surface area contributed by atoms with Gasteiger partial charge in [0.15, 0.2) is 0 Å². The van der Waals surface area contributed by atoms with Crippen molar-refractivity contribution in [3.05, 3.63) is 23.0 Å². The van der Waals surface area contributed by atoms with E-state index in [2.05, 4.69) is 17.2 Å². The van der Waals surface area contributed by atoms with E-state index in [0.717, 1.165) is 17.8 Å². The molecule has 0 bridgehead atoms. The van der Waals surface area contributed by atoms with Crippen molar-refractivity contribution in [3.8, 4) is 0 Å². The molecule has 0 radical (unpaired) electrons. The molecular weight excluding hydrogens is 228 g/mol. The largest absolute Gasteiger partial charge is 0.478 e. The summed E-state index contributed by atoms with van der Waals surface area (Å²) in [6.45, 7) is 5.82. The van der Waals surface area contributed by atoms with Gasteiger partial charge in [0.05, 0.1) is 11.4 Å². The summed E-state index contributed by atoms with van der Waals surface area (Å²) < 4.78 is 0. The molecule has 1 aromatic heterocycles. The molecule has 0 aromatic carbocycles. The second-order valence-electron chi connectivity index (χ2n) is 5.11. The Morgan fingerprint density at radius 3 is 2.89 bits per heavy atom. The van der Waals surface area contributed by atoms with Crippen LogP contribution in [0.5, 0.6) is 0 Å². The van der Waals surface area contributed by atoms with Crippen molar-refractivity contribution in [1.82, 2.24) is 4.98 Å². The van der Waals surface area contributed by atoms with E-state index < -0.39 is 5.97 Å². The Balaban J connectivity index is 2.19. The third-order valence-corrected chi connectivity index (χ3v) is 3.47. The zero-order chi connectivity index (χ0) is 13.3. The van der Waals surface area contributed by atoms with Crippen molar-refractivity contribution < 1.29 is 9.90 Å². The molecule has 0 spiro atoms. The third kappa shape index (κ3) is 2.63. The summed E-state index contributed by atoms with van der Waals surface area (Å²) in [5.41, 5.74) is 2.46. The Bertz CT molecular complexity index is 471. The number of hydrogen-bond donors (Lipinski definition) is 2. The van der Waals surface area contributed by atoms with Crippen molar-refractivity contribution in [2.75, 3.05) is 5.32 Å². The standard InChI is InChI=1S/C14H20N2O2/c1-4-5-10-7-11(10)16-12-6-8(2)15-9(3)13(12)14(17)18/h6,10-11H,4-5,7H2,1-3H3,(H,15,16)(H,17,18). The van der Waals surface area contributed by atoms with E-state index in [1.165, 1.54) is 12.8 Å². The number of aromatic carboxylic acids is 1. The molecular formula is C14H20N2O2. The molecule has 2 atom stereocenters. The van der Waals surface area contributed by atoms with Gasteiger partial charge in [-0.1, -0.05) is 13.3 Å². The van der Waals surface area contributed by atoms with Crippen LogP contribution in [0, 0.1) is 19.8 Å². The monoisotopic (exact) mass is 248 g/mol. The van der Waals surface area contributed by atoms with Gasteiger partial charge in [-0.15, -0.1) is 0 Å². The summed E-state index contributed by atoms with van der Waals surface area (Å²) in [4.78, 5) is 15.5. The van der Waals surface area contributed by atoms with Crippen LogP contribution in [0.3, 0.4) is 0 Å². The van der Waals surface area contributed by atoms with Crippen LogP contribution >= 0.6 is 0 Å². The summed E-state index contributed by atoms with van der Waals surface area (Å²) in [5, 5.41) is 12.6. The molecule has 2 N–H and O–H groups in total. The number of nitrogens with one attached hydrogen (secondary N) is 1. The lowest BCUT2D eigenvalue weighted by molar-refractivity contribution is 0.0696. The van der Waals surface area contributed by atoms with Gasteiger partial charge in [0, 0.05) is 11.7 Å². The maximum absolute atomic E-state index is 11.3. The number of pyridine rings is 1. The number of carboxylic acids is 1. The number of nitrogens with zero attached hydrogens (tertiary/aromatic N) is 1. The summed E-state index contributed by atoms with van der Waals surface area (Å²) in [6, 6.07) is 2.27. The lowest BCUT2D eigenvalue weighted by atomic mass is 10.1. The Morgan fingerprint density at radius 1 is 1.56 bits per heavy atom. The molecule has 4 nitrogen and oxygen atoms in total. The minimum atomic E-state index is -0.907. The highest BCUT2D eigenvalue weighted by Crippen LogP contribution is 2.38. The summed E-state index contributed by atoms with van der Waals surface area (Å²) in [7, 11) is 0. The molecule has 1 fully saturated rings. The van der Waals surface area contributed by atoms with Gasteiger partial charge < -0.3 is 10.4 Å². The van der Waals surface area contributed by atoms with Crippen LogP contribution < -0.4 is 5.32 Å². The molecule has 18 heavy (non-hydrogen) atoms. The number of anilines is 1. The first-order valence-electron chi connectivity index (χ1n) is 6.51. The first kappa shape index (κ1) is 12.9. The van der Waals surface area contributed by atoms with Crippen molar-refractivity contribution in [3.63, 3.8) is 0 Å². The fourth-order valence-electron chi connectivity index (χ4n) is 2.53.